The Kier molecular flexibility index (Phi) is 4.51. The average Bonchev–Trinajstić information content (AvgIpc) is 2.40. The summed E-state index contributed by atoms with van der Waals surface area (Å²) in [5.41, 5.74) is 7.73. The van der Waals surface area contributed by atoms with Gasteiger partial charge < -0.3 is 5.73 Å². The Bertz CT molecular complexity index is 585. The maximum atomic E-state index is 13.9. The highest BCUT2D eigenvalue weighted by Crippen LogP contribution is 2.32. The topological polar surface area (TPSA) is 26.0 Å². The minimum atomic E-state index is -0.210. The second kappa shape index (κ2) is 5.98. The Morgan fingerprint density at radius 1 is 1.05 bits per heavy atom. The monoisotopic (exact) mass is 289 g/mol. The third-order valence-electron chi connectivity index (χ3n) is 3.18. The van der Waals surface area contributed by atoms with Gasteiger partial charge >= 0.3 is 0 Å². The molecule has 0 unspecified atom stereocenters. The van der Waals surface area contributed by atoms with Crippen LogP contribution in [0.5, 0.6) is 0 Å². The number of hydrogen-bond donors (Lipinski definition) is 1. The molecule has 0 aliphatic heterocycles. The standard InChI is InChI=1S/C17H20FNS/c1-17(2,3)13-5-7-14(8-6-13)20-16-9-4-12(11-19)10-15(16)18/h4-10H,11,19H2,1-3H3. The predicted octanol–water partition coefficient (Wildman–Crippen LogP) is 4.73. The zero-order valence-electron chi connectivity index (χ0n) is 12.1. The summed E-state index contributed by atoms with van der Waals surface area (Å²) in [7, 11) is 0. The van der Waals surface area contributed by atoms with Crippen LogP contribution >= 0.6 is 11.8 Å². The Morgan fingerprint density at radius 3 is 2.20 bits per heavy atom. The van der Waals surface area contributed by atoms with Crippen LogP contribution < -0.4 is 5.73 Å². The number of halogens is 1. The number of rotatable bonds is 3. The van der Waals surface area contributed by atoms with Crippen LogP contribution in [0.3, 0.4) is 0 Å². The van der Waals surface area contributed by atoms with Gasteiger partial charge in [0.15, 0.2) is 0 Å². The molecule has 2 aromatic rings. The molecule has 0 spiro atoms. The van der Waals surface area contributed by atoms with Crippen LogP contribution in [-0.2, 0) is 12.0 Å². The fourth-order valence-electron chi connectivity index (χ4n) is 1.90. The van der Waals surface area contributed by atoms with Gasteiger partial charge in [-0.15, -0.1) is 0 Å². The molecule has 0 radical (unpaired) electrons. The molecule has 3 heteroatoms. The first-order valence-electron chi connectivity index (χ1n) is 6.67. The highest BCUT2D eigenvalue weighted by Gasteiger charge is 2.13. The Labute approximate surface area is 124 Å². The molecule has 1 nitrogen and oxygen atoms in total. The minimum Gasteiger partial charge on any atom is -0.326 e. The first kappa shape index (κ1) is 15.1. The molecule has 0 bridgehead atoms. The van der Waals surface area contributed by atoms with Crippen molar-refractivity contribution in [1.82, 2.24) is 0 Å². The van der Waals surface area contributed by atoms with Crippen molar-refractivity contribution >= 4 is 11.8 Å². The van der Waals surface area contributed by atoms with Crippen molar-refractivity contribution in [3.05, 3.63) is 59.4 Å². The molecule has 0 saturated carbocycles. The van der Waals surface area contributed by atoms with Crippen molar-refractivity contribution in [3.8, 4) is 0 Å². The van der Waals surface area contributed by atoms with E-state index in [0.717, 1.165) is 10.5 Å². The van der Waals surface area contributed by atoms with Crippen LogP contribution in [0.1, 0.15) is 31.9 Å². The van der Waals surface area contributed by atoms with E-state index in [9.17, 15) is 4.39 Å². The lowest BCUT2D eigenvalue weighted by molar-refractivity contribution is 0.589. The van der Waals surface area contributed by atoms with Crippen molar-refractivity contribution in [2.75, 3.05) is 0 Å². The van der Waals surface area contributed by atoms with Crippen molar-refractivity contribution in [2.24, 2.45) is 5.73 Å². The van der Waals surface area contributed by atoms with Crippen molar-refractivity contribution < 1.29 is 4.39 Å². The molecule has 20 heavy (non-hydrogen) atoms. The van der Waals surface area contributed by atoms with E-state index in [4.69, 9.17) is 5.73 Å². The summed E-state index contributed by atoms with van der Waals surface area (Å²) in [5, 5.41) is 0. The minimum absolute atomic E-state index is 0.136. The van der Waals surface area contributed by atoms with Crippen LogP contribution in [0.2, 0.25) is 0 Å². The van der Waals surface area contributed by atoms with E-state index in [0.29, 0.717) is 11.4 Å². The zero-order chi connectivity index (χ0) is 14.8. The third kappa shape index (κ3) is 3.62. The highest BCUT2D eigenvalue weighted by atomic mass is 32.2. The summed E-state index contributed by atoms with van der Waals surface area (Å²) < 4.78 is 13.9. The van der Waals surface area contributed by atoms with Gasteiger partial charge in [0, 0.05) is 16.3 Å². The molecule has 0 aliphatic carbocycles. The van der Waals surface area contributed by atoms with E-state index in [-0.39, 0.29) is 11.2 Å². The van der Waals surface area contributed by atoms with E-state index in [2.05, 4.69) is 32.9 Å². The van der Waals surface area contributed by atoms with Crippen LogP contribution in [0, 0.1) is 5.82 Å². The molecular formula is C17H20FNS. The molecule has 0 aliphatic rings. The highest BCUT2D eigenvalue weighted by molar-refractivity contribution is 7.99. The molecule has 0 heterocycles. The molecule has 2 N–H and O–H groups in total. The molecule has 0 aromatic heterocycles. The lowest BCUT2D eigenvalue weighted by atomic mass is 9.87. The summed E-state index contributed by atoms with van der Waals surface area (Å²) in [6.45, 7) is 6.91. The quantitative estimate of drug-likeness (QED) is 0.883. The van der Waals surface area contributed by atoms with Gasteiger partial charge in [0.2, 0.25) is 0 Å². The fourth-order valence-corrected chi connectivity index (χ4v) is 2.72. The maximum Gasteiger partial charge on any atom is 0.137 e. The Hall–Kier alpha value is -1.32. The molecule has 0 fully saturated rings. The van der Waals surface area contributed by atoms with Gasteiger partial charge in [0.1, 0.15) is 5.82 Å². The lowest BCUT2D eigenvalue weighted by Gasteiger charge is -2.19. The van der Waals surface area contributed by atoms with Crippen molar-refractivity contribution in [1.29, 1.82) is 0 Å². The lowest BCUT2D eigenvalue weighted by Crippen LogP contribution is -2.10. The van der Waals surface area contributed by atoms with E-state index in [1.165, 1.54) is 23.4 Å². The van der Waals surface area contributed by atoms with Crippen LogP contribution in [0.25, 0.3) is 0 Å². The Balaban J connectivity index is 2.18. The molecule has 0 atom stereocenters. The summed E-state index contributed by atoms with van der Waals surface area (Å²) in [6, 6.07) is 13.5. The molecule has 0 saturated heterocycles. The second-order valence-electron chi connectivity index (χ2n) is 5.85. The zero-order valence-corrected chi connectivity index (χ0v) is 12.9. The largest absolute Gasteiger partial charge is 0.326 e. The number of nitrogens with two attached hydrogens (primary N) is 1. The number of hydrogen-bond acceptors (Lipinski definition) is 2. The van der Waals surface area contributed by atoms with Gasteiger partial charge in [-0.1, -0.05) is 50.7 Å². The van der Waals surface area contributed by atoms with Gasteiger partial charge in [-0.2, -0.15) is 0 Å². The maximum absolute atomic E-state index is 13.9. The fraction of sp³-hybridized carbons (Fsp3) is 0.294. The van der Waals surface area contributed by atoms with E-state index < -0.39 is 0 Å². The summed E-state index contributed by atoms with van der Waals surface area (Å²) in [4.78, 5) is 1.67. The predicted molar refractivity (Wildman–Crippen MR) is 83.6 cm³/mol. The number of benzene rings is 2. The van der Waals surface area contributed by atoms with Gasteiger partial charge in [0.05, 0.1) is 0 Å². The summed E-state index contributed by atoms with van der Waals surface area (Å²) in [6.07, 6.45) is 0. The molecule has 2 aromatic carbocycles. The second-order valence-corrected chi connectivity index (χ2v) is 6.96. The van der Waals surface area contributed by atoms with Crippen molar-refractivity contribution in [3.63, 3.8) is 0 Å². The third-order valence-corrected chi connectivity index (χ3v) is 4.24. The molecule has 0 amide bonds. The first-order valence-corrected chi connectivity index (χ1v) is 7.48. The van der Waals surface area contributed by atoms with Crippen LogP contribution in [0.4, 0.5) is 4.39 Å². The Morgan fingerprint density at radius 2 is 1.70 bits per heavy atom. The SMILES string of the molecule is CC(C)(C)c1ccc(Sc2ccc(CN)cc2F)cc1. The normalized spacial score (nSPS) is 11.7. The van der Waals surface area contributed by atoms with Crippen LogP contribution in [0.15, 0.2) is 52.3 Å². The molecular weight excluding hydrogens is 269 g/mol. The summed E-state index contributed by atoms with van der Waals surface area (Å²) >= 11 is 1.44. The van der Waals surface area contributed by atoms with Crippen LogP contribution in [-0.4, -0.2) is 0 Å². The molecule has 106 valence electrons. The van der Waals surface area contributed by atoms with E-state index in [1.54, 1.807) is 6.07 Å². The van der Waals surface area contributed by atoms with Gasteiger partial charge in [-0.05, 0) is 40.8 Å². The van der Waals surface area contributed by atoms with E-state index >= 15 is 0 Å². The van der Waals surface area contributed by atoms with Crippen molar-refractivity contribution in [2.45, 2.75) is 42.5 Å². The summed E-state index contributed by atoms with van der Waals surface area (Å²) in [5.74, 6) is -0.210. The average molecular weight is 289 g/mol. The molecule has 2 rings (SSSR count). The van der Waals surface area contributed by atoms with Gasteiger partial charge in [-0.25, -0.2) is 4.39 Å². The first-order chi connectivity index (χ1) is 9.40. The smallest absolute Gasteiger partial charge is 0.137 e. The van der Waals surface area contributed by atoms with Gasteiger partial charge in [0.25, 0.3) is 0 Å². The van der Waals surface area contributed by atoms with E-state index in [1.807, 2.05) is 18.2 Å². The van der Waals surface area contributed by atoms with Gasteiger partial charge in [-0.3, -0.25) is 0 Å².